The molecule has 3 rings (SSSR count). The molecule has 1 saturated carbocycles. The quantitative estimate of drug-likeness (QED) is 0.748. The Morgan fingerprint density at radius 2 is 2.08 bits per heavy atom. The molecule has 0 aliphatic heterocycles. The Labute approximate surface area is 144 Å². The molecule has 2 aliphatic rings. The molecule has 4 N–H and O–H groups in total. The fourth-order valence-electron chi connectivity index (χ4n) is 3.73. The Morgan fingerprint density at radius 3 is 2.62 bits per heavy atom. The topological polar surface area (TPSA) is 72.4 Å². The number of hydrogen-bond donors (Lipinski definition) is 3. The van der Waals surface area contributed by atoms with Crippen LogP contribution in [0.1, 0.15) is 45.3 Å². The highest BCUT2D eigenvalue weighted by Gasteiger charge is 2.46. The average molecular weight is 331 g/mol. The summed E-state index contributed by atoms with van der Waals surface area (Å²) in [5, 5.41) is 13.8. The molecule has 132 valence electrons. The Balaban J connectivity index is 1.91. The van der Waals surface area contributed by atoms with Crippen molar-refractivity contribution >= 4 is 5.82 Å². The summed E-state index contributed by atoms with van der Waals surface area (Å²) in [6, 6.07) is 3.74. The molecule has 0 bridgehead atoms. The SMILES string of the molecule is CCNC1(COC2(C)C=CC(O)=C(C)C2n2c(C)ccc2N)CC1. The van der Waals surface area contributed by atoms with Gasteiger partial charge in [0.1, 0.15) is 17.2 Å². The standard InChI is InChI=1S/C19H29N3O2/c1-5-21-19(10-11-19)12-24-18(4)9-8-15(23)14(3)17(18)22-13(2)6-7-16(22)20/h6-9,17,21,23H,5,10-12,20H2,1-4H3. The zero-order valence-corrected chi connectivity index (χ0v) is 15.1. The number of aliphatic hydroxyl groups is 1. The van der Waals surface area contributed by atoms with Gasteiger partial charge in [-0.25, -0.2) is 0 Å². The number of aryl methyl sites for hydroxylation is 1. The van der Waals surface area contributed by atoms with E-state index in [9.17, 15) is 5.11 Å². The summed E-state index contributed by atoms with van der Waals surface area (Å²) in [4.78, 5) is 0. The van der Waals surface area contributed by atoms with E-state index in [-0.39, 0.29) is 11.6 Å². The van der Waals surface area contributed by atoms with Gasteiger partial charge in [0.05, 0.1) is 12.6 Å². The summed E-state index contributed by atoms with van der Waals surface area (Å²) >= 11 is 0. The van der Waals surface area contributed by atoms with Crippen molar-refractivity contribution in [1.82, 2.24) is 9.88 Å². The van der Waals surface area contributed by atoms with Crippen molar-refractivity contribution < 1.29 is 9.84 Å². The molecule has 0 amide bonds. The largest absolute Gasteiger partial charge is 0.508 e. The highest BCUT2D eigenvalue weighted by atomic mass is 16.5. The predicted molar refractivity (Wildman–Crippen MR) is 97.1 cm³/mol. The van der Waals surface area contributed by atoms with Gasteiger partial charge in [-0.3, -0.25) is 0 Å². The molecule has 2 atom stereocenters. The lowest BCUT2D eigenvalue weighted by Crippen LogP contribution is -2.45. The van der Waals surface area contributed by atoms with Gasteiger partial charge >= 0.3 is 0 Å². The minimum atomic E-state index is -0.556. The van der Waals surface area contributed by atoms with Crippen LogP contribution in [0.2, 0.25) is 0 Å². The molecule has 1 fully saturated rings. The number of nitrogens with zero attached hydrogens (tertiary/aromatic N) is 1. The van der Waals surface area contributed by atoms with Crippen LogP contribution in [-0.2, 0) is 4.74 Å². The van der Waals surface area contributed by atoms with E-state index in [1.54, 1.807) is 6.08 Å². The first kappa shape index (κ1) is 17.1. The maximum atomic E-state index is 10.3. The molecule has 5 heteroatoms. The number of anilines is 1. The van der Waals surface area contributed by atoms with Crippen molar-refractivity contribution in [2.75, 3.05) is 18.9 Å². The Bertz CT molecular complexity index is 665. The summed E-state index contributed by atoms with van der Waals surface area (Å²) in [6.45, 7) is 9.78. The van der Waals surface area contributed by atoms with Gasteiger partial charge in [0.2, 0.25) is 0 Å². The summed E-state index contributed by atoms with van der Waals surface area (Å²) in [7, 11) is 0. The number of ether oxygens (including phenoxy) is 1. The van der Waals surface area contributed by atoms with Crippen molar-refractivity contribution in [2.45, 2.75) is 57.7 Å². The highest BCUT2D eigenvalue weighted by Crippen LogP contribution is 2.44. The van der Waals surface area contributed by atoms with Crippen LogP contribution in [0.25, 0.3) is 0 Å². The van der Waals surface area contributed by atoms with Gasteiger partial charge in [-0.1, -0.05) is 6.92 Å². The molecule has 0 aromatic carbocycles. The van der Waals surface area contributed by atoms with Crippen molar-refractivity contribution in [3.8, 4) is 0 Å². The summed E-state index contributed by atoms with van der Waals surface area (Å²) in [5.74, 6) is 0.976. The molecule has 5 nitrogen and oxygen atoms in total. The van der Waals surface area contributed by atoms with Gasteiger partial charge < -0.3 is 25.5 Å². The molecule has 1 aromatic rings. The van der Waals surface area contributed by atoms with Crippen molar-refractivity contribution in [2.24, 2.45) is 0 Å². The Hall–Kier alpha value is -1.72. The second-order valence-electron chi connectivity index (χ2n) is 7.36. The lowest BCUT2D eigenvalue weighted by atomic mass is 9.84. The molecule has 2 aliphatic carbocycles. The monoisotopic (exact) mass is 331 g/mol. The highest BCUT2D eigenvalue weighted by molar-refractivity contribution is 5.42. The third-order valence-electron chi connectivity index (χ3n) is 5.41. The lowest BCUT2D eigenvalue weighted by molar-refractivity contribution is -0.0387. The van der Waals surface area contributed by atoms with E-state index in [1.165, 1.54) is 0 Å². The number of hydrogen-bond acceptors (Lipinski definition) is 4. The number of aliphatic hydroxyl groups excluding tert-OH is 1. The Kier molecular flexibility index (Phi) is 4.26. The number of likely N-dealkylation sites (N-methyl/N-ethyl adjacent to an activating group) is 1. The predicted octanol–water partition coefficient (Wildman–Crippen LogP) is 3.24. The van der Waals surface area contributed by atoms with E-state index in [4.69, 9.17) is 10.5 Å². The lowest BCUT2D eigenvalue weighted by Gasteiger charge is -2.41. The fourth-order valence-corrected chi connectivity index (χ4v) is 3.73. The molecule has 1 aromatic heterocycles. The van der Waals surface area contributed by atoms with E-state index in [0.29, 0.717) is 18.2 Å². The molecule has 24 heavy (non-hydrogen) atoms. The maximum Gasteiger partial charge on any atom is 0.116 e. The van der Waals surface area contributed by atoms with Gasteiger partial charge in [-0.15, -0.1) is 0 Å². The van der Waals surface area contributed by atoms with Crippen LogP contribution in [0, 0.1) is 6.92 Å². The first-order valence-corrected chi connectivity index (χ1v) is 8.73. The Morgan fingerprint density at radius 1 is 1.38 bits per heavy atom. The zero-order valence-electron chi connectivity index (χ0n) is 15.1. The molecule has 0 radical (unpaired) electrons. The number of nitrogens with one attached hydrogen (secondary N) is 1. The fraction of sp³-hybridized carbons (Fsp3) is 0.579. The van der Waals surface area contributed by atoms with Gasteiger partial charge in [0.25, 0.3) is 0 Å². The molecule has 0 saturated heterocycles. The van der Waals surface area contributed by atoms with Crippen LogP contribution in [0.5, 0.6) is 0 Å². The van der Waals surface area contributed by atoms with Gasteiger partial charge in [-0.05, 0) is 70.0 Å². The van der Waals surface area contributed by atoms with E-state index >= 15 is 0 Å². The molecule has 0 spiro atoms. The minimum Gasteiger partial charge on any atom is -0.508 e. The van der Waals surface area contributed by atoms with Gasteiger partial charge in [0, 0.05) is 11.2 Å². The summed E-state index contributed by atoms with van der Waals surface area (Å²) in [6.07, 6.45) is 6.00. The average Bonchev–Trinajstić information content (AvgIpc) is 3.24. The second kappa shape index (κ2) is 5.97. The smallest absolute Gasteiger partial charge is 0.116 e. The number of nitrogen functional groups attached to an aromatic ring is 1. The number of aromatic nitrogens is 1. The van der Waals surface area contributed by atoms with Crippen LogP contribution >= 0.6 is 0 Å². The van der Waals surface area contributed by atoms with Crippen LogP contribution in [0.4, 0.5) is 5.82 Å². The van der Waals surface area contributed by atoms with E-state index < -0.39 is 5.60 Å². The van der Waals surface area contributed by atoms with E-state index in [1.807, 2.05) is 32.1 Å². The van der Waals surface area contributed by atoms with E-state index in [2.05, 4.69) is 23.7 Å². The van der Waals surface area contributed by atoms with Crippen LogP contribution in [-0.4, -0.2) is 34.0 Å². The van der Waals surface area contributed by atoms with Crippen molar-refractivity contribution in [3.63, 3.8) is 0 Å². The number of rotatable bonds is 6. The third-order valence-corrected chi connectivity index (χ3v) is 5.41. The van der Waals surface area contributed by atoms with Crippen molar-refractivity contribution in [1.29, 1.82) is 0 Å². The summed E-state index contributed by atoms with van der Waals surface area (Å²) in [5.41, 5.74) is 7.70. The van der Waals surface area contributed by atoms with Crippen LogP contribution < -0.4 is 11.1 Å². The summed E-state index contributed by atoms with van der Waals surface area (Å²) < 4.78 is 8.50. The molecular weight excluding hydrogens is 302 g/mol. The maximum absolute atomic E-state index is 10.3. The second-order valence-corrected chi connectivity index (χ2v) is 7.36. The van der Waals surface area contributed by atoms with Gasteiger partial charge in [-0.2, -0.15) is 0 Å². The van der Waals surface area contributed by atoms with E-state index in [0.717, 1.165) is 30.7 Å². The first-order valence-electron chi connectivity index (χ1n) is 8.73. The molecular formula is C19H29N3O2. The van der Waals surface area contributed by atoms with Crippen molar-refractivity contribution in [3.05, 3.63) is 41.3 Å². The first-order chi connectivity index (χ1) is 11.3. The number of allylic oxidation sites excluding steroid dienone is 1. The minimum absolute atomic E-state index is 0.116. The van der Waals surface area contributed by atoms with Gasteiger partial charge in [0.15, 0.2) is 0 Å². The third kappa shape index (κ3) is 2.87. The van der Waals surface area contributed by atoms with Crippen LogP contribution in [0.3, 0.4) is 0 Å². The van der Waals surface area contributed by atoms with Crippen LogP contribution in [0.15, 0.2) is 35.6 Å². The molecule has 2 unspecified atom stereocenters. The normalized spacial score (nSPS) is 28.4. The number of nitrogens with two attached hydrogens (primary N) is 1. The molecule has 1 heterocycles. The zero-order chi connectivity index (χ0) is 17.5.